The summed E-state index contributed by atoms with van der Waals surface area (Å²) in [6.07, 6.45) is 2.19. The van der Waals surface area contributed by atoms with Crippen molar-refractivity contribution in [3.63, 3.8) is 0 Å². The van der Waals surface area contributed by atoms with Gasteiger partial charge in [0.15, 0.2) is 10.8 Å². The Kier molecular flexibility index (Phi) is 8.53. The van der Waals surface area contributed by atoms with Crippen LogP contribution >= 0.6 is 0 Å². The third-order valence-corrected chi connectivity index (χ3v) is 8.21. The molecule has 0 bridgehead atoms. The highest BCUT2D eigenvalue weighted by molar-refractivity contribution is 7.89. The van der Waals surface area contributed by atoms with Crippen molar-refractivity contribution in [2.24, 2.45) is 5.92 Å². The van der Waals surface area contributed by atoms with E-state index in [1.807, 2.05) is 44.2 Å². The minimum Gasteiger partial charge on any atom is -0.340 e. The number of hydrogen-bond acceptors (Lipinski definition) is 7. The van der Waals surface area contributed by atoms with Gasteiger partial charge in [-0.05, 0) is 66.8 Å². The largest absolute Gasteiger partial charge is 0.340 e. The molecule has 9 nitrogen and oxygen atoms in total. The number of pyridine rings is 1. The second kappa shape index (κ2) is 11.8. The first-order valence-corrected chi connectivity index (χ1v) is 14.1. The van der Waals surface area contributed by atoms with Gasteiger partial charge in [0.05, 0.1) is 6.54 Å². The lowest BCUT2D eigenvalue weighted by molar-refractivity contribution is -0.135. The minimum atomic E-state index is -4.49. The SMILES string of the molecule is CC(C)CC(NC(=O)c1ccc2ccccc2c1)C(=O)N([C@H]1CCCNCC1=O)S(=O)(=O)c1ccccn1. The Bertz CT molecular complexity index is 1430. The number of nitrogens with one attached hydrogen (secondary N) is 2. The van der Waals surface area contributed by atoms with Gasteiger partial charge in [-0.25, -0.2) is 9.29 Å². The number of fused-ring (bicyclic) bond motifs is 1. The van der Waals surface area contributed by atoms with E-state index >= 15 is 0 Å². The van der Waals surface area contributed by atoms with E-state index in [1.165, 1.54) is 18.3 Å². The van der Waals surface area contributed by atoms with E-state index in [2.05, 4.69) is 15.6 Å². The first-order chi connectivity index (χ1) is 18.2. The molecule has 1 fully saturated rings. The Morgan fingerprint density at radius 3 is 2.53 bits per heavy atom. The van der Waals surface area contributed by atoms with E-state index < -0.39 is 39.7 Å². The number of nitrogens with zero attached hydrogens (tertiary/aromatic N) is 2. The molecule has 2 aromatic carbocycles. The molecule has 10 heteroatoms. The summed E-state index contributed by atoms with van der Waals surface area (Å²) in [7, 11) is -4.49. The molecule has 200 valence electrons. The van der Waals surface area contributed by atoms with Crippen molar-refractivity contribution >= 4 is 38.4 Å². The maximum atomic E-state index is 14.1. The van der Waals surface area contributed by atoms with E-state index in [-0.39, 0.29) is 30.3 Å². The molecule has 38 heavy (non-hydrogen) atoms. The molecule has 4 rings (SSSR count). The van der Waals surface area contributed by atoms with Crippen LogP contribution in [-0.2, 0) is 19.6 Å². The maximum Gasteiger partial charge on any atom is 0.284 e. The average Bonchev–Trinajstić information content (AvgIpc) is 3.12. The molecule has 2 N–H and O–H groups in total. The highest BCUT2D eigenvalue weighted by Gasteiger charge is 2.43. The standard InChI is InChI=1S/C28H32N4O5S/c1-19(2)16-23(31-27(34)22-13-12-20-8-3-4-9-21(20)17-22)28(35)32(24-10-7-14-29-18-25(24)33)38(36,37)26-11-5-6-15-30-26/h3-6,8-9,11-13,15,17,19,23-24,29H,7,10,14,16,18H2,1-2H3,(H,31,34)/t23?,24-/m0/s1. The lowest BCUT2D eigenvalue weighted by atomic mass is 10.0. The third-order valence-electron chi connectivity index (χ3n) is 6.49. The van der Waals surface area contributed by atoms with Gasteiger partial charge in [0.25, 0.3) is 21.8 Å². The van der Waals surface area contributed by atoms with E-state index in [0.29, 0.717) is 22.8 Å². The van der Waals surface area contributed by atoms with Crippen LogP contribution in [0.4, 0.5) is 0 Å². The average molecular weight is 537 g/mol. The molecule has 2 heterocycles. The molecule has 2 atom stereocenters. The lowest BCUT2D eigenvalue weighted by Crippen LogP contribution is -2.56. The molecule has 0 spiro atoms. The smallest absolute Gasteiger partial charge is 0.284 e. The quantitative estimate of drug-likeness (QED) is 0.453. The van der Waals surface area contributed by atoms with Crippen molar-refractivity contribution in [3.8, 4) is 0 Å². The molecule has 0 aliphatic carbocycles. The molecular weight excluding hydrogens is 504 g/mol. The van der Waals surface area contributed by atoms with Crippen molar-refractivity contribution < 1.29 is 22.8 Å². The van der Waals surface area contributed by atoms with E-state index in [9.17, 15) is 22.8 Å². The zero-order valence-corrected chi connectivity index (χ0v) is 22.3. The van der Waals surface area contributed by atoms with Crippen LogP contribution in [0.2, 0.25) is 0 Å². The second-order valence-electron chi connectivity index (χ2n) is 9.83. The summed E-state index contributed by atoms with van der Waals surface area (Å²) in [4.78, 5) is 44.3. The Morgan fingerprint density at radius 2 is 1.82 bits per heavy atom. The fourth-order valence-electron chi connectivity index (χ4n) is 4.62. The van der Waals surface area contributed by atoms with Gasteiger partial charge in [0, 0.05) is 11.8 Å². The molecule has 3 aromatic rings. The molecular formula is C28H32N4O5S. The molecule has 1 aliphatic heterocycles. The molecule has 2 amide bonds. The predicted molar refractivity (Wildman–Crippen MR) is 144 cm³/mol. The van der Waals surface area contributed by atoms with Crippen LogP contribution in [-0.4, -0.2) is 60.5 Å². The summed E-state index contributed by atoms with van der Waals surface area (Å²) in [6.45, 7) is 4.23. The summed E-state index contributed by atoms with van der Waals surface area (Å²) in [6, 6.07) is 14.8. The zero-order chi connectivity index (χ0) is 27.3. The van der Waals surface area contributed by atoms with Gasteiger partial charge in [-0.15, -0.1) is 0 Å². The number of carbonyl (C=O) groups is 3. The molecule has 0 saturated carbocycles. The van der Waals surface area contributed by atoms with E-state index in [1.54, 1.807) is 18.2 Å². The lowest BCUT2D eigenvalue weighted by Gasteiger charge is -2.32. The second-order valence-corrected chi connectivity index (χ2v) is 11.6. The predicted octanol–water partition coefficient (Wildman–Crippen LogP) is 2.92. The normalized spacial score (nSPS) is 17.1. The Morgan fingerprint density at radius 1 is 1.08 bits per heavy atom. The number of Topliss-reactive ketones (excluding diaryl/α,β-unsaturated/α-hetero) is 1. The Balaban J connectivity index is 1.71. The van der Waals surface area contributed by atoms with Gasteiger partial charge in [-0.2, -0.15) is 8.42 Å². The summed E-state index contributed by atoms with van der Waals surface area (Å²) in [5, 5.41) is 7.23. The first kappa shape index (κ1) is 27.4. The van der Waals surface area contributed by atoms with Crippen molar-refractivity contribution in [3.05, 3.63) is 72.4 Å². The maximum absolute atomic E-state index is 14.1. The van der Waals surface area contributed by atoms with Gasteiger partial charge in [0.1, 0.15) is 12.1 Å². The van der Waals surface area contributed by atoms with Gasteiger partial charge in [0.2, 0.25) is 0 Å². The summed E-state index contributed by atoms with van der Waals surface area (Å²) >= 11 is 0. The van der Waals surface area contributed by atoms with Gasteiger partial charge in [-0.3, -0.25) is 14.4 Å². The number of aromatic nitrogens is 1. The number of rotatable bonds is 8. The topological polar surface area (TPSA) is 126 Å². The van der Waals surface area contributed by atoms with Crippen LogP contribution in [0.25, 0.3) is 10.8 Å². The molecule has 0 radical (unpaired) electrons. The number of benzene rings is 2. The van der Waals surface area contributed by atoms with Gasteiger partial charge in [-0.1, -0.05) is 50.2 Å². The minimum absolute atomic E-state index is 0.0493. The van der Waals surface area contributed by atoms with Crippen molar-refractivity contribution in [1.82, 2.24) is 19.9 Å². The summed E-state index contributed by atoms with van der Waals surface area (Å²) < 4.78 is 28.2. The molecule has 1 saturated heterocycles. The first-order valence-electron chi connectivity index (χ1n) is 12.7. The Hall–Kier alpha value is -3.63. The molecule has 1 aliphatic rings. The van der Waals surface area contributed by atoms with Crippen LogP contribution in [0.3, 0.4) is 0 Å². The summed E-state index contributed by atoms with van der Waals surface area (Å²) in [5.74, 6) is -1.80. The van der Waals surface area contributed by atoms with E-state index in [0.717, 1.165) is 10.8 Å². The van der Waals surface area contributed by atoms with Crippen LogP contribution in [0.5, 0.6) is 0 Å². The zero-order valence-electron chi connectivity index (χ0n) is 21.5. The number of hydrogen-bond donors (Lipinski definition) is 2. The molecule has 1 unspecified atom stereocenters. The van der Waals surface area contributed by atoms with Crippen molar-refractivity contribution in [2.45, 2.75) is 50.2 Å². The molecule has 1 aromatic heterocycles. The van der Waals surface area contributed by atoms with Gasteiger partial charge >= 0.3 is 0 Å². The van der Waals surface area contributed by atoms with E-state index in [4.69, 9.17) is 0 Å². The Labute approximate surface area is 222 Å². The van der Waals surface area contributed by atoms with Crippen LogP contribution in [0, 0.1) is 5.92 Å². The number of ketones is 1. The number of amides is 2. The summed E-state index contributed by atoms with van der Waals surface area (Å²) in [5.41, 5.74) is 0.346. The van der Waals surface area contributed by atoms with Crippen LogP contribution in [0.1, 0.15) is 43.5 Å². The fourth-order valence-corrected chi connectivity index (χ4v) is 6.19. The highest BCUT2D eigenvalue weighted by Crippen LogP contribution is 2.24. The monoisotopic (exact) mass is 536 g/mol. The van der Waals surface area contributed by atoms with Crippen molar-refractivity contribution in [1.29, 1.82) is 0 Å². The fraction of sp³-hybridized carbons (Fsp3) is 0.357. The number of carbonyl (C=O) groups excluding carboxylic acids is 3. The van der Waals surface area contributed by atoms with Gasteiger partial charge < -0.3 is 10.6 Å². The van der Waals surface area contributed by atoms with Crippen LogP contribution < -0.4 is 10.6 Å². The van der Waals surface area contributed by atoms with Crippen LogP contribution in [0.15, 0.2) is 71.9 Å². The highest BCUT2D eigenvalue weighted by atomic mass is 32.2. The third kappa shape index (κ3) is 6.08. The number of sulfonamides is 1. The van der Waals surface area contributed by atoms with Crippen molar-refractivity contribution in [2.75, 3.05) is 13.1 Å².